The minimum absolute atomic E-state index is 0.989. The van der Waals surface area contributed by atoms with Crippen molar-refractivity contribution in [3.8, 4) is 0 Å². The number of rotatable bonds is 16. The van der Waals surface area contributed by atoms with Crippen molar-refractivity contribution in [2.24, 2.45) is 0 Å². The summed E-state index contributed by atoms with van der Waals surface area (Å²) in [6, 6.07) is 0. The van der Waals surface area contributed by atoms with Gasteiger partial charge in [0.25, 0.3) is 0 Å². The first-order chi connectivity index (χ1) is 34.1. The zero-order valence-corrected chi connectivity index (χ0v) is 49.7. The molecule has 5 atom stereocenters. The van der Waals surface area contributed by atoms with Crippen LogP contribution >= 0.6 is 0 Å². The van der Waals surface area contributed by atoms with Crippen LogP contribution in [0, 0.1) is 0 Å². The Morgan fingerprint density at radius 2 is 0.532 bits per heavy atom. The first-order valence-corrected chi connectivity index (χ1v) is 24.8. The summed E-state index contributed by atoms with van der Waals surface area (Å²) in [5.74, 6) is -6.45. The molecule has 1 heterocycles. The molecular weight excluding hydrogens is 1020 g/mol. The molecule has 5 N–H and O–H groups in total. The molecule has 442 valence electrons. The van der Waals surface area contributed by atoms with Gasteiger partial charge in [0.05, 0.1) is 0 Å². The Morgan fingerprint density at radius 3 is 0.792 bits per heavy atom. The van der Waals surface area contributed by atoms with Crippen LogP contribution < -0.4 is 26.6 Å². The van der Waals surface area contributed by atoms with Crippen LogP contribution in [-0.4, -0.2) is 153 Å². The maximum Gasteiger partial charge on any atom is 0.408 e. The highest BCUT2D eigenvalue weighted by molar-refractivity contribution is 5.88. The van der Waals surface area contributed by atoms with E-state index in [9.17, 15) is 47.9 Å². The van der Waals surface area contributed by atoms with E-state index < -0.39 is 153 Å². The van der Waals surface area contributed by atoms with Crippen molar-refractivity contribution >= 4 is 60.3 Å². The van der Waals surface area contributed by atoms with Crippen molar-refractivity contribution in [2.75, 3.05) is 6.61 Å². The molecule has 1 fully saturated rings. The molecule has 26 heteroatoms. The van der Waals surface area contributed by atoms with Crippen LogP contribution in [0.1, 0.15) is 173 Å². The maximum atomic E-state index is 14.6. The number of ether oxygens (including phenoxy) is 11. The third-order valence-electron chi connectivity index (χ3n) is 9.54. The molecular formula is C51H87N5O21. The highest BCUT2D eigenvalue weighted by atomic mass is 16.8. The van der Waals surface area contributed by atoms with Crippen LogP contribution in [0.4, 0.5) is 24.0 Å². The van der Waals surface area contributed by atoms with Crippen molar-refractivity contribution in [3.05, 3.63) is 0 Å². The van der Waals surface area contributed by atoms with Gasteiger partial charge in [-0.2, -0.15) is 0 Å². The zero-order valence-electron chi connectivity index (χ0n) is 49.7. The Labute approximate surface area is 452 Å². The van der Waals surface area contributed by atoms with E-state index in [-0.39, 0.29) is 0 Å². The average molecular weight is 1110 g/mol. The summed E-state index contributed by atoms with van der Waals surface area (Å²) in [7, 11) is 0. The van der Waals surface area contributed by atoms with Gasteiger partial charge in [0.15, 0.2) is 12.2 Å². The molecule has 77 heavy (non-hydrogen) atoms. The topological polar surface area (TPSA) is 332 Å². The highest BCUT2D eigenvalue weighted by Gasteiger charge is 2.58. The lowest BCUT2D eigenvalue weighted by atomic mass is 9.96. The van der Waals surface area contributed by atoms with E-state index in [1.54, 1.807) is 104 Å². The van der Waals surface area contributed by atoms with Gasteiger partial charge in [0.1, 0.15) is 68.4 Å². The number of esters is 5. The normalized spacial score (nSPS) is 18.8. The predicted molar refractivity (Wildman–Crippen MR) is 273 cm³/mol. The number of hydrogen-bond acceptors (Lipinski definition) is 21. The third kappa shape index (κ3) is 24.3. The Kier molecular flexibility index (Phi) is 21.9. The first kappa shape index (κ1) is 68.7. The Morgan fingerprint density at radius 1 is 0.312 bits per heavy atom. The predicted octanol–water partition coefficient (Wildman–Crippen LogP) is 6.05. The van der Waals surface area contributed by atoms with Crippen molar-refractivity contribution < 1.29 is 100 Å². The van der Waals surface area contributed by atoms with Crippen LogP contribution in [-0.2, 0) is 76.1 Å². The van der Waals surface area contributed by atoms with Crippen LogP contribution in [0.5, 0.6) is 0 Å². The summed E-state index contributed by atoms with van der Waals surface area (Å²) in [5.41, 5.74) is -15.2. The van der Waals surface area contributed by atoms with E-state index >= 15 is 0 Å². The fraction of sp³-hybridized carbons (Fsp3) is 0.804. The van der Waals surface area contributed by atoms with E-state index in [4.69, 9.17) is 52.1 Å². The van der Waals surface area contributed by atoms with Gasteiger partial charge in [0.2, 0.25) is 12.4 Å². The first-order valence-electron chi connectivity index (χ1n) is 24.8. The van der Waals surface area contributed by atoms with Gasteiger partial charge < -0.3 is 78.7 Å². The van der Waals surface area contributed by atoms with E-state index in [0.717, 1.165) is 0 Å². The number of carbonyl (C=O) groups excluding carboxylic acids is 10. The van der Waals surface area contributed by atoms with Gasteiger partial charge in [-0.1, -0.05) is 0 Å². The van der Waals surface area contributed by atoms with E-state index in [1.165, 1.54) is 69.2 Å². The second-order valence-corrected chi connectivity index (χ2v) is 25.9. The molecule has 0 aromatic carbocycles. The summed E-state index contributed by atoms with van der Waals surface area (Å²) >= 11 is 0. The van der Waals surface area contributed by atoms with E-state index in [0.29, 0.717) is 0 Å². The van der Waals surface area contributed by atoms with Gasteiger partial charge in [0, 0.05) is 0 Å². The number of carbonyl (C=O) groups is 10. The number of nitrogens with one attached hydrogen (secondary N) is 5. The Balaban J connectivity index is 4.43. The summed E-state index contributed by atoms with van der Waals surface area (Å²) in [6.07, 6.45) is -16.3. The summed E-state index contributed by atoms with van der Waals surface area (Å²) in [4.78, 5) is 137. The fourth-order valence-corrected chi connectivity index (χ4v) is 5.96. The van der Waals surface area contributed by atoms with Crippen LogP contribution in [0.15, 0.2) is 0 Å². The molecule has 1 aliphatic rings. The average Bonchev–Trinajstić information content (AvgIpc) is 3.13. The van der Waals surface area contributed by atoms with Gasteiger partial charge in [-0.25, -0.2) is 47.9 Å². The van der Waals surface area contributed by atoms with Gasteiger partial charge in [-0.3, -0.25) is 0 Å². The minimum Gasteiger partial charge on any atom is -0.461 e. The quantitative estimate of drug-likeness (QED) is 0.0867. The molecule has 0 aliphatic carbocycles. The Bertz CT molecular complexity index is 2190. The molecule has 1 aliphatic heterocycles. The molecule has 0 radical (unpaired) electrons. The van der Waals surface area contributed by atoms with Crippen LogP contribution in [0.3, 0.4) is 0 Å². The highest BCUT2D eigenvalue weighted by Crippen LogP contribution is 2.34. The van der Waals surface area contributed by atoms with Crippen LogP contribution in [0.2, 0.25) is 0 Å². The molecule has 0 aromatic rings. The third-order valence-corrected chi connectivity index (χ3v) is 9.54. The monoisotopic (exact) mass is 1110 g/mol. The van der Waals surface area contributed by atoms with Crippen molar-refractivity contribution in [3.63, 3.8) is 0 Å². The summed E-state index contributed by atoms with van der Waals surface area (Å²) in [5, 5.41) is 11.9. The van der Waals surface area contributed by atoms with Crippen molar-refractivity contribution in [2.45, 2.75) is 259 Å². The lowest BCUT2D eigenvalue weighted by Gasteiger charge is -2.46. The SMILES string of the molecule is CC(C)(C)OC(=O)NC(C)(C)C(=O)OC[C@H]1O[C@H](OC(=O)C(C)(C)NC(=O)OC(C)(C)C)[C@H](OC(=O)C(C)(C)NC(=O)OC(C)(C)C)[C@@H](OC(=O)C(C)(C)NC(=O)OC(C)(C)C)[C@H]1OC(=O)C(C)(C)NC(=O)OC(C)(C)C. The van der Waals surface area contributed by atoms with Gasteiger partial charge in [-0.15, -0.1) is 0 Å². The molecule has 0 bridgehead atoms. The summed E-state index contributed by atoms with van der Waals surface area (Å²) < 4.78 is 62.7. The maximum absolute atomic E-state index is 14.6. The minimum atomic E-state index is -2.30. The van der Waals surface area contributed by atoms with E-state index in [1.807, 2.05) is 0 Å². The van der Waals surface area contributed by atoms with E-state index in [2.05, 4.69) is 26.6 Å². The van der Waals surface area contributed by atoms with Gasteiger partial charge in [-0.05, 0) is 173 Å². The lowest BCUT2D eigenvalue weighted by Crippen LogP contribution is -2.67. The molecule has 0 spiro atoms. The molecule has 0 saturated carbocycles. The number of hydrogen-bond donors (Lipinski definition) is 5. The molecule has 0 unspecified atom stereocenters. The Hall–Kier alpha value is -6.34. The standard InChI is InChI=1S/C51H87N5O21/c1-42(2,3)73-37(62)52-47(16,17)32(57)67-26-27-28(69-33(58)48(18,19)53-38(63)74-43(4,5)6)29(70-34(59)49(20,21)54-39(64)75-44(7,8)9)30(71-35(60)50(22,23)55-40(65)76-45(10,11)12)31(68-27)72-36(61)51(24,25)56-41(66)77-46(13,14)15/h27-31H,26H2,1-25H3,(H,52,62)(H,53,63)(H,54,64)(H,55,65)(H,56,66)/t27-,28+,29+,30-,31-/m1/s1. The van der Waals surface area contributed by atoms with Crippen LogP contribution in [0.25, 0.3) is 0 Å². The molecule has 26 nitrogen and oxygen atoms in total. The number of amides is 5. The van der Waals surface area contributed by atoms with Gasteiger partial charge >= 0.3 is 60.3 Å². The molecule has 1 saturated heterocycles. The van der Waals surface area contributed by atoms with Crippen molar-refractivity contribution in [1.29, 1.82) is 0 Å². The second-order valence-electron chi connectivity index (χ2n) is 25.9. The fourth-order valence-electron chi connectivity index (χ4n) is 5.96. The largest absolute Gasteiger partial charge is 0.461 e. The molecule has 0 aromatic heterocycles. The smallest absolute Gasteiger partial charge is 0.408 e. The van der Waals surface area contributed by atoms with Crippen molar-refractivity contribution in [1.82, 2.24) is 26.6 Å². The summed E-state index contributed by atoms with van der Waals surface area (Å²) in [6.45, 7) is 34.7. The molecule has 1 rings (SSSR count). The second kappa shape index (κ2) is 24.5. The molecule has 5 amide bonds. The number of alkyl carbamates (subject to hydrolysis) is 5. The zero-order chi connectivity index (χ0) is 60.7. The lowest BCUT2D eigenvalue weighted by molar-refractivity contribution is -0.304.